The number of nitrogens with two attached hydrogens (primary N) is 1. The SMILES string of the molecule is NCc1noc(CCCNCCCNC2CCCCC2)n1. The zero-order valence-electron chi connectivity index (χ0n) is 12.9. The Kier molecular flexibility index (Phi) is 7.70. The third-order valence-electron chi connectivity index (χ3n) is 4.01. The van der Waals surface area contributed by atoms with Gasteiger partial charge in [-0.2, -0.15) is 4.98 Å². The summed E-state index contributed by atoms with van der Waals surface area (Å²) in [6.07, 6.45) is 9.98. The number of hydrogen-bond donors (Lipinski definition) is 3. The van der Waals surface area contributed by atoms with Crippen LogP contribution in [0.15, 0.2) is 4.52 Å². The summed E-state index contributed by atoms with van der Waals surface area (Å²) >= 11 is 0. The first kappa shape index (κ1) is 16.4. The molecule has 0 saturated heterocycles. The second-order valence-corrected chi connectivity index (χ2v) is 5.80. The van der Waals surface area contributed by atoms with Gasteiger partial charge in [0.1, 0.15) is 0 Å². The van der Waals surface area contributed by atoms with E-state index in [1.807, 2.05) is 0 Å². The van der Waals surface area contributed by atoms with Gasteiger partial charge in [-0.25, -0.2) is 0 Å². The van der Waals surface area contributed by atoms with E-state index in [2.05, 4.69) is 20.8 Å². The molecule has 0 bridgehead atoms. The summed E-state index contributed by atoms with van der Waals surface area (Å²) in [7, 11) is 0. The van der Waals surface area contributed by atoms with Crippen LogP contribution < -0.4 is 16.4 Å². The maximum atomic E-state index is 5.44. The minimum atomic E-state index is 0.343. The molecule has 6 nitrogen and oxygen atoms in total. The summed E-state index contributed by atoms with van der Waals surface area (Å²) in [5.74, 6) is 1.28. The molecule has 21 heavy (non-hydrogen) atoms. The van der Waals surface area contributed by atoms with Gasteiger partial charge in [0.25, 0.3) is 0 Å². The molecule has 6 heteroatoms. The molecule has 1 fully saturated rings. The van der Waals surface area contributed by atoms with Crippen LogP contribution in [0.4, 0.5) is 0 Å². The van der Waals surface area contributed by atoms with Gasteiger partial charge in [0.2, 0.25) is 5.89 Å². The number of rotatable bonds is 10. The van der Waals surface area contributed by atoms with E-state index >= 15 is 0 Å². The number of hydrogen-bond acceptors (Lipinski definition) is 6. The van der Waals surface area contributed by atoms with E-state index in [-0.39, 0.29) is 0 Å². The van der Waals surface area contributed by atoms with Crippen molar-refractivity contribution in [3.63, 3.8) is 0 Å². The Labute approximate surface area is 127 Å². The van der Waals surface area contributed by atoms with E-state index in [9.17, 15) is 0 Å². The van der Waals surface area contributed by atoms with Crippen LogP contribution in [0, 0.1) is 0 Å². The molecule has 0 unspecified atom stereocenters. The van der Waals surface area contributed by atoms with Crippen molar-refractivity contribution in [1.29, 1.82) is 0 Å². The molecule has 1 aliphatic rings. The van der Waals surface area contributed by atoms with E-state index in [4.69, 9.17) is 10.3 Å². The van der Waals surface area contributed by atoms with E-state index in [0.29, 0.717) is 18.3 Å². The van der Waals surface area contributed by atoms with Crippen LogP contribution in [0.25, 0.3) is 0 Å². The normalized spacial score (nSPS) is 16.4. The summed E-state index contributed by atoms with van der Waals surface area (Å²) in [5, 5.41) is 10.9. The van der Waals surface area contributed by atoms with Crippen molar-refractivity contribution >= 4 is 0 Å². The lowest BCUT2D eigenvalue weighted by atomic mass is 9.95. The van der Waals surface area contributed by atoms with Gasteiger partial charge in [-0.05, 0) is 45.3 Å². The van der Waals surface area contributed by atoms with Crippen LogP contribution in [0.3, 0.4) is 0 Å². The Hall–Kier alpha value is -0.980. The minimum Gasteiger partial charge on any atom is -0.339 e. The van der Waals surface area contributed by atoms with Crippen molar-refractivity contribution in [2.75, 3.05) is 19.6 Å². The molecule has 0 spiro atoms. The van der Waals surface area contributed by atoms with Crippen LogP contribution in [0.1, 0.15) is 56.7 Å². The zero-order chi connectivity index (χ0) is 14.8. The van der Waals surface area contributed by atoms with Crippen LogP contribution in [0.2, 0.25) is 0 Å². The third-order valence-corrected chi connectivity index (χ3v) is 4.01. The fourth-order valence-electron chi connectivity index (χ4n) is 2.79. The molecule has 2 rings (SSSR count). The monoisotopic (exact) mass is 295 g/mol. The highest BCUT2D eigenvalue weighted by Crippen LogP contribution is 2.17. The van der Waals surface area contributed by atoms with Crippen molar-refractivity contribution in [3.8, 4) is 0 Å². The van der Waals surface area contributed by atoms with E-state index < -0.39 is 0 Å². The van der Waals surface area contributed by atoms with Gasteiger partial charge in [0.15, 0.2) is 5.82 Å². The van der Waals surface area contributed by atoms with E-state index in [1.165, 1.54) is 38.5 Å². The highest BCUT2D eigenvalue weighted by Gasteiger charge is 2.11. The highest BCUT2D eigenvalue weighted by atomic mass is 16.5. The Bertz CT molecular complexity index is 376. The first-order chi connectivity index (χ1) is 10.4. The standard InChI is InChI=1S/C15H29N5O/c16-12-14-19-15(21-20-14)8-4-9-17-10-5-11-18-13-6-2-1-3-7-13/h13,17-18H,1-12,16H2. The second kappa shape index (κ2) is 9.87. The smallest absolute Gasteiger partial charge is 0.226 e. The second-order valence-electron chi connectivity index (χ2n) is 5.80. The first-order valence-corrected chi connectivity index (χ1v) is 8.34. The Morgan fingerprint density at radius 2 is 1.90 bits per heavy atom. The molecule has 1 heterocycles. The van der Waals surface area contributed by atoms with Crippen LogP contribution >= 0.6 is 0 Å². The van der Waals surface area contributed by atoms with Gasteiger partial charge in [-0.15, -0.1) is 0 Å². The van der Waals surface area contributed by atoms with Crippen LogP contribution in [-0.2, 0) is 13.0 Å². The van der Waals surface area contributed by atoms with Gasteiger partial charge in [0.05, 0.1) is 6.54 Å². The highest BCUT2D eigenvalue weighted by molar-refractivity contribution is 4.85. The molecule has 1 saturated carbocycles. The molecule has 0 aliphatic heterocycles. The van der Waals surface area contributed by atoms with Gasteiger partial charge in [0, 0.05) is 12.5 Å². The molecule has 1 aromatic rings. The van der Waals surface area contributed by atoms with Crippen LogP contribution in [-0.4, -0.2) is 35.8 Å². The number of nitrogens with one attached hydrogen (secondary N) is 2. The largest absolute Gasteiger partial charge is 0.339 e. The molecule has 4 N–H and O–H groups in total. The maximum absolute atomic E-state index is 5.44. The average Bonchev–Trinajstić information content (AvgIpc) is 2.99. The molecule has 0 atom stereocenters. The lowest BCUT2D eigenvalue weighted by Gasteiger charge is -2.22. The average molecular weight is 295 g/mol. The fourth-order valence-corrected chi connectivity index (χ4v) is 2.79. The number of aromatic nitrogens is 2. The molecular weight excluding hydrogens is 266 g/mol. The lowest BCUT2D eigenvalue weighted by Crippen LogP contribution is -2.33. The Morgan fingerprint density at radius 1 is 1.10 bits per heavy atom. The summed E-state index contributed by atoms with van der Waals surface area (Å²) < 4.78 is 5.09. The van der Waals surface area contributed by atoms with Gasteiger partial charge in [-0.3, -0.25) is 0 Å². The summed E-state index contributed by atoms with van der Waals surface area (Å²) in [5.41, 5.74) is 5.44. The summed E-state index contributed by atoms with van der Waals surface area (Å²) in [6, 6.07) is 0.771. The molecular formula is C15H29N5O. The predicted octanol–water partition coefficient (Wildman–Crippen LogP) is 1.36. The Morgan fingerprint density at radius 3 is 2.67 bits per heavy atom. The maximum Gasteiger partial charge on any atom is 0.226 e. The van der Waals surface area contributed by atoms with Crippen molar-refractivity contribution in [1.82, 2.24) is 20.8 Å². The number of aryl methyl sites for hydroxylation is 1. The van der Waals surface area contributed by atoms with Crippen molar-refractivity contribution < 1.29 is 4.52 Å². The quantitative estimate of drug-likeness (QED) is 0.565. The molecule has 0 aromatic carbocycles. The van der Waals surface area contributed by atoms with Gasteiger partial charge in [-0.1, -0.05) is 24.4 Å². The van der Waals surface area contributed by atoms with Crippen LogP contribution in [0.5, 0.6) is 0 Å². The predicted molar refractivity (Wildman–Crippen MR) is 82.9 cm³/mol. The van der Waals surface area contributed by atoms with Crippen molar-refractivity contribution in [2.45, 2.75) is 64.0 Å². The molecule has 0 amide bonds. The van der Waals surface area contributed by atoms with Crippen molar-refractivity contribution in [2.24, 2.45) is 5.73 Å². The summed E-state index contributed by atoms with van der Waals surface area (Å²) in [6.45, 7) is 3.53. The lowest BCUT2D eigenvalue weighted by molar-refractivity contribution is 0.366. The number of nitrogens with zero attached hydrogens (tertiary/aromatic N) is 2. The van der Waals surface area contributed by atoms with Gasteiger partial charge < -0.3 is 20.9 Å². The Balaban J connectivity index is 1.39. The van der Waals surface area contributed by atoms with Gasteiger partial charge >= 0.3 is 0 Å². The molecule has 1 aromatic heterocycles. The van der Waals surface area contributed by atoms with Crippen molar-refractivity contribution in [3.05, 3.63) is 11.7 Å². The first-order valence-electron chi connectivity index (χ1n) is 8.34. The van der Waals surface area contributed by atoms with E-state index in [1.54, 1.807) is 0 Å². The third kappa shape index (κ3) is 6.54. The summed E-state index contributed by atoms with van der Waals surface area (Å²) in [4.78, 5) is 4.19. The van der Waals surface area contributed by atoms with E-state index in [0.717, 1.165) is 38.5 Å². The molecule has 0 radical (unpaired) electrons. The minimum absolute atomic E-state index is 0.343. The topological polar surface area (TPSA) is 89.0 Å². The zero-order valence-corrected chi connectivity index (χ0v) is 12.9. The molecule has 1 aliphatic carbocycles. The molecule has 120 valence electrons. The fraction of sp³-hybridized carbons (Fsp3) is 0.867.